The van der Waals surface area contributed by atoms with E-state index in [0.717, 1.165) is 24.4 Å². The smallest absolute Gasteiger partial charge is 0.0812 e. The van der Waals surface area contributed by atoms with Crippen LogP contribution in [0.15, 0.2) is 0 Å². The quantitative estimate of drug-likeness (QED) is 0.595. The zero-order valence-electron chi connectivity index (χ0n) is 8.75. The third-order valence-corrected chi connectivity index (χ3v) is 4.97. The largest absolute Gasteiger partial charge is 0.373 e. The van der Waals surface area contributed by atoms with E-state index >= 15 is 0 Å². The van der Waals surface area contributed by atoms with Gasteiger partial charge in [-0.3, -0.25) is 0 Å². The Hall–Kier alpha value is -0.0400. The minimum absolute atomic E-state index is 0.651. The highest BCUT2D eigenvalue weighted by molar-refractivity contribution is 5.03. The Morgan fingerprint density at radius 2 is 2.08 bits per heavy atom. The third kappa shape index (κ3) is 1.16. The molecule has 0 radical (unpaired) electrons. The van der Waals surface area contributed by atoms with E-state index in [2.05, 4.69) is 13.8 Å². The van der Waals surface area contributed by atoms with Crippen molar-refractivity contribution in [3.63, 3.8) is 0 Å². The fourth-order valence-electron chi connectivity index (χ4n) is 3.79. The van der Waals surface area contributed by atoms with Crippen molar-refractivity contribution in [1.29, 1.82) is 0 Å². The maximum Gasteiger partial charge on any atom is 0.0812 e. The first-order chi connectivity index (χ1) is 6.18. The fraction of sp³-hybridized carbons (Fsp3) is 1.00. The van der Waals surface area contributed by atoms with Crippen LogP contribution in [0.25, 0.3) is 0 Å². The molecule has 0 aromatic carbocycles. The molecule has 1 nitrogen and oxygen atoms in total. The van der Waals surface area contributed by atoms with Crippen LogP contribution in [0.2, 0.25) is 0 Å². The summed E-state index contributed by atoms with van der Waals surface area (Å²) in [6.07, 6.45) is 6.50. The summed E-state index contributed by atoms with van der Waals surface area (Å²) in [5, 5.41) is 0. The maximum atomic E-state index is 5.35. The van der Waals surface area contributed by atoms with Gasteiger partial charge < -0.3 is 4.74 Å². The molecule has 4 fully saturated rings. The number of rotatable bonds is 2. The molecular weight excluding hydrogens is 160 g/mol. The summed E-state index contributed by atoms with van der Waals surface area (Å²) in [5.41, 5.74) is 0.664. The van der Waals surface area contributed by atoms with Crippen LogP contribution >= 0.6 is 0 Å². The van der Waals surface area contributed by atoms with Gasteiger partial charge in [-0.15, -0.1) is 0 Å². The van der Waals surface area contributed by atoms with Crippen LogP contribution in [-0.4, -0.2) is 12.7 Å². The molecule has 2 bridgehead atoms. The molecule has 4 unspecified atom stereocenters. The van der Waals surface area contributed by atoms with E-state index in [-0.39, 0.29) is 0 Å². The number of epoxide rings is 1. The van der Waals surface area contributed by atoms with E-state index in [9.17, 15) is 0 Å². The number of hydrogen-bond donors (Lipinski definition) is 0. The first-order valence-corrected chi connectivity index (χ1v) is 5.79. The van der Waals surface area contributed by atoms with Gasteiger partial charge in [-0.05, 0) is 48.9 Å². The van der Waals surface area contributed by atoms with Crippen LogP contribution in [0.5, 0.6) is 0 Å². The highest BCUT2D eigenvalue weighted by Gasteiger charge is 2.54. The van der Waals surface area contributed by atoms with Crippen molar-refractivity contribution >= 4 is 0 Å². The third-order valence-electron chi connectivity index (χ3n) is 4.97. The molecule has 13 heavy (non-hydrogen) atoms. The van der Waals surface area contributed by atoms with Crippen molar-refractivity contribution in [3.05, 3.63) is 0 Å². The van der Waals surface area contributed by atoms with Gasteiger partial charge in [0, 0.05) is 0 Å². The van der Waals surface area contributed by atoms with Gasteiger partial charge in [-0.25, -0.2) is 0 Å². The van der Waals surface area contributed by atoms with E-state index in [4.69, 9.17) is 4.74 Å². The topological polar surface area (TPSA) is 12.5 Å². The Bertz CT molecular complexity index is 215. The van der Waals surface area contributed by atoms with E-state index in [1.165, 1.54) is 25.7 Å². The molecular formula is C12H20O. The van der Waals surface area contributed by atoms with Crippen LogP contribution in [0.1, 0.15) is 39.5 Å². The summed E-state index contributed by atoms with van der Waals surface area (Å²) >= 11 is 0. The lowest BCUT2D eigenvalue weighted by Gasteiger charge is -2.60. The molecule has 4 rings (SSSR count). The highest BCUT2D eigenvalue weighted by atomic mass is 16.6. The van der Waals surface area contributed by atoms with Crippen molar-refractivity contribution in [3.8, 4) is 0 Å². The monoisotopic (exact) mass is 180 g/mol. The molecule has 0 N–H and O–H groups in total. The lowest BCUT2D eigenvalue weighted by Crippen LogP contribution is -2.52. The second kappa shape index (κ2) is 2.50. The predicted octanol–water partition coefficient (Wildman–Crippen LogP) is 2.85. The number of fused-ring (bicyclic) bond motifs is 2. The van der Waals surface area contributed by atoms with Crippen LogP contribution in [0.4, 0.5) is 0 Å². The molecule has 0 spiro atoms. The average molecular weight is 180 g/mol. The molecule has 1 saturated heterocycles. The summed E-state index contributed by atoms with van der Waals surface area (Å²) in [7, 11) is 0. The fourth-order valence-corrected chi connectivity index (χ4v) is 3.79. The Morgan fingerprint density at radius 3 is 2.62 bits per heavy atom. The van der Waals surface area contributed by atoms with Crippen molar-refractivity contribution in [2.24, 2.45) is 23.2 Å². The molecule has 0 aromatic heterocycles. The molecule has 74 valence electrons. The van der Waals surface area contributed by atoms with E-state index in [0.29, 0.717) is 11.5 Å². The Balaban J connectivity index is 1.68. The zero-order chi connectivity index (χ0) is 9.05. The Morgan fingerprint density at radius 1 is 1.31 bits per heavy atom. The van der Waals surface area contributed by atoms with Crippen molar-refractivity contribution < 1.29 is 4.74 Å². The number of hydrogen-bond acceptors (Lipinski definition) is 1. The summed E-state index contributed by atoms with van der Waals surface area (Å²) in [6, 6.07) is 0. The van der Waals surface area contributed by atoms with Crippen LogP contribution in [-0.2, 0) is 4.74 Å². The molecule has 3 saturated carbocycles. The van der Waals surface area contributed by atoms with Crippen molar-refractivity contribution in [1.82, 2.24) is 0 Å². The highest BCUT2D eigenvalue weighted by Crippen LogP contribution is 2.62. The molecule has 0 aromatic rings. The van der Waals surface area contributed by atoms with Gasteiger partial charge in [0.05, 0.1) is 12.7 Å². The van der Waals surface area contributed by atoms with Gasteiger partial charge in [-0.2, -0.15) is 0 Å². The standard InChI is InChI=1S/C12H20O/c1-12(2)9-4-3-8(11(12)6-9)5-10-7-13-10/h8-11H,3-7H2,1-2H3. The molecule has 4 atom stereocenters. The SMILES string of the molecule is CC1(C)C2CCC(CC3CO3)C1C2. The molecule has 3 aliphatic carbocycles. The van der Waals surface area contributed by atoms with Crippen LogP contribution in [0.3, 0.4) is 0 Å². The van der Waals surface area contributed by atoms with E-state index < -0.39 is 0 Å². The first kappa shape index (κ1) is 8.28. The van der Waals surface area contributed by atoms with Crippen molar-refractivity contribution in [2.75, 3.05) is 6.61 Å². The summed E-state index contributed by atoms with van der Waals surface area (Å²) < 4.78 is 5.35. The molecule has 4 aliphatic rings. The minimum atomic E-state index is 0.651. The number of ether oxygens (including phenoxy) is 1. The van der Waals surface area contributed by atoms with Gasteiger partial charge in [-0.1, -0.05) is 13.8 Å². The lowest BCUT2D eigenvalue weighted by molar-refractivity contribution is -0.108. The summed E-state index contributed by atoms with van der Waals surface area (Å²) in [6.45, 7) is 6.00. The maximum absolute atomic E-state index is 5.35. The average Bonchev–Trinajstić information content (AvgIpc) is 2.88. The van der Waals surface area contributed by atoms with Crippen LogP contribution < -0.4 is 0 Å². The Labute approximate surface area is 80.8 Å². The molecule has 1 aliphatic heterocycles. The second-order valence-electron chi connectivity index (χ2n) is 5.89. The summed E-state index contributed by atoms with van der Waals surface area (Å²) in [4.78, 5) is 0. The van der Waals surface area contributed by atoms with Gasteiger partial charge in [0.25, 0.3) is 0 Å². The minimum Gasteiger partial charge on any atom is -0.373 e. The zero-order valence-corrected chi connectivity index (χ0v) is 8.75. The summed E-state index contributed by atoms with van der Waals surface area (Å²) in [5.74, 6) is 3.07. The van der Waals surface area contributed by atoms with Crippen LogP contribution in [0, 0.1) is 23.2 Å². The van der Waals surface area contributed by atoms with Gasteiger partial charge in [0.15, 0.2) is 0 Å². The predicted molar refractivity (Wildman–Crippen MR) is 52.5 cm³/mol. The van der Waals surface area contributed by atoms with Gasteiger partial charge in [0.1, 0.15) is 0 Å². The lowest BCUT2D eigenvalue weighted by atomic mass is 9.45. The Kier molecular flexibility index (Phi) is 1.59. The van der Waals surface area contributed by atoms with Gasteiger partial charge in [0.2, 0.25) is 0 Å². The van der Waals surface area contributed by atoms with E-state index in [1.54, 1.807) is 0 Å². The molecule has 1 heterocycles. The first-order valence-electron chi connectivity index (χ1n) is 5.79. The molecule has 0 amide bonds. The normalized spacial score (nSPS) is 51.2. The second-order valence-corrected chi connectivity index (χ2v) is 5.89. The van der Waals surface area contributed by atoms with E-state index in [1.807, 2.05) is 0 Å². The van der Waals surface area contributed by atoms with Gasteiger partial charge >= 0.3 is 0 Å². The molecule has 1 heteroatoms. The van der Waals surface area contributed by atoms with Crippen molar-refractivity contribution in [2.45, 2.75) is 45.6 Å².